The van der Waals surface area contributed by atoms with Crippen LogP contribution in [0.5, 0.6) is 0 Å². The number of para-hydroxylation sites is 1. The van der Waals surface area contributed by atoms with Crippen molar-refractivity contribution in [3.8, 4) is 0 Å². The predicted octanol–water partition coefficient (Wildman–Crippen LogP) is 4.52. The average Bonchev–Trinajstić information content (AvgIpc) is 2.83. The smallest absolute Gasteiger partial charge is 0.0492 e. The Morgan fingerprint density at radius 1 is 1.00 bits per heavy atom. The van der Waals surface area contributed by atoms with Crippen molar-refractivity contribution >= 4 is 32.5 Å². The molecule has 19 heavy (non-hydrogen) atoms. The van der Waals surface area contributed by atoms with Crippen molar-refractivity contribution in [1.82, 2.24) is 4.57 Å². The van der Waals surface area contributed by atoms with Gasteiger partial charge in [-0.2, -0.15) is 0 Å². The molecule has 0 radical (unpaired) electrons. The van der Waals surface area contributed by atoms with Crippen molar-refractivity contribution in [3.05, 3.63) is 65.3 Å². The highest BCUT2D eigenvalue weighted by Crippen LogP contribution is 2.20. The lowest BCUT2D eigenvalue weighted by Crippen LogP contribution is -2.09. The van der Waals surface area contributed by atoms with Gasteiger partial charge in [0.05, 0.1) is 0 Å². The summed E-state index contributed by atoms with van der Waals surface area (Å²) in [5, 5.41) is 4.71. The van der Waals surface area contributed by atoms with Gasteiger partial charge in [-0.3, -0.25) is 0 Å². The highest BCUT2D eigenvalue weighted by Gasteiger charge is 2.01. The maximum Gasteiger partial charge on any atom is 0.0492 e. The number of fused-ring (bicyclic) bond motifs is 1. The number of nitrogens with zero attached hydrogens (tertiary/aromatic N) is 1. The molecule has 2 aromatic carbocycles. The molecule has 0 aliphatic rings. The van der Waals surface area contributed by atoms with Crippen molar-refractivity contribution in [2.75, 3.05) is 11.9 Å². The lowest BCUT2D eigenvalue weighted by atomic mass is 10.2. The Labute approximate surface area is 121 Å². The molecule has 3 heteroatoms. The minimum absolute atomic E-state index is 0.917. The van der Waals surface area contributed by atoms with Crippen molar-refractivity contribution in [3.63, 3.8) is 0 Å². The zero-order valence-corrected chi connectivity index (χ0v) is 12.1. The van der Waals surface area contributed by atoms with Gasteiger partial charge in [0.15, 0.2) is 0 Å². The fourth-order valence-corrected chi connectivity index (χ4v) is 2.58. The molecule has 0 bridgehead atoms. The minimum Gasteiger partial charge on any atom is -0.383 e. The van der Waals surface area contributed by atoms with E-state index in [4.69, 9.17) is 0 Å². The molecule has 0 saturated carbocycles. The zero-order valence-electron chi connectivity index (χ0n) is 10.5. The van der Waals surface area contributed by atoms with Gasteiger partial charge in [-0.15, -0.1) is 0 Å². The summed E-state index contributed by atoms with van der Waals surface area (Å²) in [6.07, 6.45) is 2.14. The lowest BCUT2D eigenvalue weighted by molar-refractivity contribution is 0.757. The third-order valence-corrected chi connectivity index (χ3v) is 3.68. The van der Waals surface area contributed by atoms with E-state index in [0.717, 1.165) is 17.6 Å². The first-order chi connectivity index (χ1) is 9.33. The van der Waals surface area contributed by atoms with Crippen LogP contribution in [0.1, 0.15) is 0 Å². The number of aromatic nitrogens is 1. The Kier molecular flexibility index (Phi) is 3.56. The third kappa shape index (κ3) is 2.82. The lowest BCUT2D eigenvalue weighted by Gasteiger charge is -2.08. The van der Waals surface area contributed by atoms with Gasteiger partial charge in [-0.1, -0.05) is 40.2 Å². The van der Waals surface area contributed by atoms with Crippen molar-refractivity contribution in [1.29, 1.82) is 0 Å². The van der Waals surface area contributed by atoms with Crippen LogP contribution in [0.2, 0.25) is 0 Å². The Morgan fingerprint density at radius 2 is 1.84 bits per heavy atom. The van der Waals surface area contributed by atoms with Gasteiger partial charge in [0.2, 0.25) is 0 Å². The second kappa shape index (κ2) is 5.49. The first kappa shape index (κ1) is 12.3. The third-order valence-electron chi connectivity index (χ3n) is 3.19. The topological polar surface area (TPSA) is 17.0 Å². The van der Waals surface area contributed by atoms with Gasteiger partial charge in [-0.05, 0) is 35.7 Å². The van der Waals surface area contributed by atoms with E-state index in [-0.39, 0.29) is 0 Å². The molecule has 2 nitrogen and oxygen atoms in total. The van der Waals surface area contributed by atoms with Gasteiger partial charge >= 0.3 is 0 Å². The van der Waals surface area contributed by atoms with E-state index in [2.05, 4.69) is 68.4 Å². The van der Waals surface area contributed by atoms with Crippen LogP contribution in [-0.4, -0.2) is 11.1 Å². The van der Waals surface area contributed by atoms with Crippen LogP contribution in [0.4, 0.5) is 5.69 Å². The number of nitrogens with one attached hydrogen (secondary N) is 1. The van der Waals surface area contributed by atoms with E-state index >= 15 is 0 Å². The minimum atomic E-state index is 0.917. The van der Waals surface area contributed by atoms with Gasteiger partial charge < -0.3 is 9.88 Å². The zero-order chi connectivity index (χ0) is 13.1. The second-order valence-electron chi connectivity index (χ2n) is 4.51. The summed E-state index contributed by atoms with van der Waals surface area (Å²) in [6.45, 7) is 1.87. The fraction of sp³-hybridized carbons (Fsp3) is 0.125. The van der Waals surface area contributed by atoms with E-state index in [1.165, 1.54) is 16.6 Å². The standard InChI is InChI=1S/C16H15BrN2/c17-14-7-6-13-8-10-19(16(13)12-14)11-9-18-15-4-2-1-3-5-15/h1-8,10,12,18H,9,11H2. The Bertz CT molecular complexity index is 674. The van der Waals surface area contributed by atoms with Crippen LogP contribution in [-0.2, 0) is 6.54 Å². The molecule has 0 amide bonds. The molecule has 0 aliphatic heterocycles. The van der Waals surface area contributed by atoms with E-state index < -0.39 is 0 Å². The van der Waals surface area contributed by atoms with Crippen LogP contribution in [0.15, 0.2) is 65.3 Å². The summed E-state index contributed by atoms with van der Waals surface area (Å²) < 4.78 is 3.40. The van der Waals surface area contributed by atoms with Crippen LogP contribution < -0.4 is 5.32 Å². The molecule has 3 rings (SSSR count). The molecular formula is C16H15BrN2. The van der Waals surface area contributed by atoms with Crippen molar-refractivity contribution in [2.45, 2.75) is 6.54 Å². The maximum atomic E-state index is 3.53. The summed E-state index contributed by atoms with van der Waals surface area (Å²) in [6, 6.07) is 18.8. The monoisotopic (exact) mass is 314 g/mol. The van der Waals surface area contributed by atoms with E-state index in [1.54, 1.807) is 0 Å². The molecular weight excluding hydrogens is 300 g/mol. The normalized spacial score (nSPS) is 10.8. The quantitative estimate of drug-likeness (QED) is 0.749. The van der Waals surface area contributed by atoms with Crippen LogP contribution in [0.25, 0.3) is 10.9 Å². The number of benzene rings is 2. The molecule has 1 N–H and O–H groups in total. The predicted molar refractivity (Wildman–Crippen MR) is 84.6 cm³/mol. The van der Waals surface area contributed by atoms with Crippen molar-refractivity contribution < 1.29 is 0 Å². The molecule has 0 saturated heterocycles. The number of halogens is 1. The second-order valence-corrected chi connectivity index (χ2v) is 5.42. The van der Waals surface area contributed by atoms with Gasteiger partial charge in [-0.25, -0.2) is 0 Å². The molecule has 0 aliphatic carbocycles. The van der Waals surface area contributed by atoms with Crippen LogP contribution >= 0.6 is 15.9 Å². The Balaban J connectivity index is 1.70. The molecule has 0 fully saturated rings. The van der Waals surface area contributed by atoms with Crippen molar-refractivity contribution in [2.24, 2.45) is 0 Å². The molecule has 1 aromatic heterocycles. The van der Waals surface area contributed by atoms with Gasteiger partial charge in [0.1, 0.15) is 0 Å². The van der Waals surface area contributed by atoms with E-state index in [0.29, 0.717) is 0 Å². The Hall–Kier alpha value is -1.74. The largest absolute Gasteiger partial charge is 0.383 e. The summed E-state index contributed by atoms with van der Waals surface area (Å²) >= 11 is 3.53. The van der Waals surface area contributed by atoms with Gasteiger partial charge in [0, 0.05) is 35.0 Å². The van der Waals surface area contributed by atoms with E-state index in [1.807, 2.05) is 18.2 Å². The molecule has 0 spiro atoms. The first-order valence-corrected chi connectivity index (χ1v) is 7.15. The summed E-state index contributed by atoms with van der Waals surface area (Å²) in [4.78, 5) is 0. The average molecular weight is 315 g/mol. The summed E-state index contributed by atoms with van der Waals surface area (Å²) in [7, 11) is 0. The maximum absolute atomic E-state index is 3.53. The summed E-state index contributed by atoms with van der Waals surface area (Å²) in [5.41, 5.74) is 2.43. The molecule has 96 valence electrons. The van der Waals surface area contributed by atoms with E-state index in [9.17, 15) is 0 Å². The molecule has 0 atom stereocenters. The summed E-state index contributed by atoms with van der Waals surface area (Å²) in [5.74, 6) is 0. The molecule has 1 heterocycles. The highest BCUT2D eigenvalue weighted by molar-refractivity contribution is 9.10. The number of hydrogen-bond acceptors (Lipinski definition) is 1. The number of hydrogen-bond donors (Lipinski definition) is 1. The Morgan fingerprint density at radius 3 is 2.68 bits per heavy atom. The first-order valence-electron chi connectivity index (χ1n) is 6.36. The molecule has 3 aromatic rings. The van der Waals surface area contributed by atoms with Crippen LogP contribution in [0.3, 0.4) is 0 Å². The van der Waals surface area contributed by atoms with Crippen LogP contribution in [0, 0.1) is 0 Å². The fourth-order valence-electron chi connectivity index (χ4n) is 2.23. The number of anilines is 1. The molecule has 0 unspecified atom stereocenters. The SMILES string of the molecule is Brc1ccc2ccn(CCNc3ccccc3)c2c1. The van der Waals surface area contributed by atoms with Gasteiger partial charge in [0.25, 0.3) is 0 Å². The number of rotatable bonds is 4. The highest BCUT2D eigenvalue weighted by atomic mass is 79.9.